The third kappa shape index (κ3) is 7.72. The van der Waals surface area contributed by atoms with Crippen LogP contribution in [0.1, 0.15) is 58.1 Å². The van der Waals surface area contributed by atoms with E-state index in [4.69, 9.17) is 16.6 Å². The van der Waals surface area contributed by atoms with Gasteiger partial charge in [0.15, 0.2) is 0 Å². The van der Waals surface area contributed by atoms with Crippen LogP contribution < -0.4 is 16.5 Å². The maximum Gasteiger partial charge on any atom is 0.215 e. The molecule has 1 heterocycles. The molecule has 7 nitrogen and oxygen atoms in total. The van der Waals surface area contributed by atoms with Gasteiger partial charge in [-0.2, -0.15) is 0 Å². The Morgan fingerprint density at radius 1 is 1.24 bits per heavy atom. The Morgan fingerprint density at radius 3 is 2.58 bits per heavy atom. The average Bonchev–Trinajstić information content (AvgIpc) is 3.62. The molecule has 3 rings (SSSR count). The van der Waals surface area contributed by atoms with Gasteiger partial charge in [-0.1, -0.05) is 39.0 Å². The molecular formula is C25H44N7P. The van der Waals surface area contributed by atoms with Gasteiger partial charge in [0.1, 0.15) is 5.82 Å². The number of hydrazine groups is 1. The van der Waals surface area contributed by atoms with E-state index in [0.717, 1.165) is 51.6 Å². The van der Waals surface area contributed by atoms with Crippen LogP contribution in [0.2, 0.25) is 0 Å². The molecule has 184 valence electrons. The highest BCUT2D eigenvalue weighted by molar-refractivity contribution is 7.37. The van der Waals surface area contributed by atoms with Gasteiger partial charge < -0.3 is 15.5 Å². The van der Waals surface area contributed by atoms with Crippen molar-refractivity contribution >= 4 is 31.3 Å². The molecule has 1 aliphatic rings. The first-order chi connectivity index (χ1) is 16.0. The summed E-state index contributed by atoms with van der Waals surface area (Å²) in [5, 5.41) is 6.98. The van der Waals surface area contributed by atoms with Gasteiger partial charge in [-0.25, -0.2) is 15.9 Å². The van der Waals surface area contributed by atoms with Gasteiger partial charge in [0.2, 0.25) is 5.96 Å². The third-order valence-electron chi connectivity index (χ3n) is 5.68. The van der Waals surface area contributed by atoms with Crippen LogP contribution in [-0.4, -0.2) is 53.5 Å². The summed E-state index contributed by atoms with van der Waals surface area (Å²) < 4.78 is 0. The quantitative estimate of drug-likeness (QED) is 0.162. The third-order valence-corrected chi connectivity index (χ3v) is 6.38. The van der Waals surface area contributed by atoms with E-state index in [1.807, 2.05) is 13.8 Å². The van der Waals surface area contributed by atoms with Crippen molar-refractivity contribution in [3.8, 4) is 0 Å². The number of rotatable bonds is 11. The largest absolute Gasteiger partial charge is 0.368 e. The molecule has 8 heteroatoms. The minimum atomic E-state index is 0.444. The topological polar surface area (TPSA) is 87.0 Å². The van der Waals surface area contributed by atoms with Crippen molar-refractivity contribution in [1.29, 1.82) is 0 Å². The number of guanidine groups is 1. The van der Waals surface area contributed by atoms with Gasteiger partial charge in [0.25, 0.3) is 0 Å². The van der Waals surface area contributed by atoms with Crippen molar-refractivity contribution in [3.05, 3.63) is 35.4 Å². The van der Waals surface area contributed by atoms with Crippen molar-refractivity contribution in [1.82, 2.24) is 15.0 Å². The normalized spacial score (nSPS) is 13.8. The Morgan fingerprint density at radius 2 is 1.97 bits per heavy atom. The Hall–Kier alpha value is -2.11. The van der Waals surface area contributed by atoms with Crippen LogP contribution in [0.25, 0.3) is 10.9 Å². The lowest BCUT2D eigenvalue weighted by atomic mass is 10.1. The minimum Gasteiger partial charge on any atom is -0.368 e. The summed E-state index contributed by atoms with van der Waals surface area (Å²) >= 11 is 0. The number of fused-ring (bicyclic) bond motifs is 1. The number of hydrogen-bond acceptors (Lipinski definition) is 5. The predicted molar refractivity (Wildman–Crippen MR) is 146 cm³/mol. The molecule has 1 saturated carbocycles. The van der Waals surface area contributed by atoms with Crippen molar-refractivity contribution < 1.29 is 0 Å². The van der Waals surface area contributed by atoms with Gasteiger partial charge in [0, 0.05) is 36.9 Å². The van der Waals surface area contributed by atoms with Gasteiger partial charge >= 0.3 is 0 Å². The number of pyridine rings is 1. The molecule has 1 unspecified atom stereocenters. The summed E-state index contributed by atoms with van der Waals surface area (Å²) in [5.41, 5.74) is 9.83. The van der Waals surface area contributed by atoms with E-state index < -0.39 is 0 Å². The Balaban J connectivity index is 0.00000187. The molecule has 0 spiro atoms. The van der Waals surface area contributed by atoms with Crippen LogP contribution in [0.3, 0.4) is 0 Å². The molecule has 1 fully saturated rings. The number of benzene rings is 1. The monoisotopic (exact) mass is 473 g/mol. The second-order valence-electron chi connectivity index (χ2n) is 8.43. The number of aromatic nitrogens is 1. The summed E-state index contributed by atoms with van der Waals surface area (Å²) in [6, 6.07) is 8.67. The van der Waals surface area contributed by atoms with E-state index in [1.54, 1.807) is 0 Å². The number of hydrazone groups is 1. The lowest BCUT2D eigenvalue weighted by molar-refractivity contribution is 0.287. The fraction of sp³-hybridized carbons (Fsp3) is 0.600. The molecule has 33 heavy (non-hydrogen) atoms. The molecule has 1 atom stereocenters. The fourth-order valence-corrected chi connectivity index (χ4v) is 4.49. The molecule has 0 bridgehead atoms. The molecule has 0 amide bonds. The molecule has 1 aliphatic carbocycles. The van der Waals surface area contributed by atoms with E-state index in [-0.39, 0.29) is 0 Å². The molecule has 1 aromatic heterocycles. The van der Waals surface area contributed by atoms with Crippen LogP contribution in [-0.2, 0) is 6.54 Å². The maximum atomic E-state index is 6.34. The Labute approximate surface area is 202 Å². The van der Waals surface area contributed by atoms with Gasteiger partial charge in [-0.15, -0.1) is 13.7 Å². The minimum absolute atomic E-state index is 0.444. The molecule has 1 aromatic carbocycles. The SMILES string of the molecule is CC.CCCN(N)/N=C(\N)N(CC)Cc1cc2cccc(C)c2nc1N(CPC)CC1CC1. The van der Waals surface area contributed by atoms with E-state index in [2.05, 4.69) is 66.6 Å². The zero-order chi connectivity index (χ0) is 24.4. The number of para-hydroxylation sites is 1. The predicted octanol–water partition coefficient (Wildman–Crippen LogP) is 4.69. The van der Waals surface area contributed by atoms with Crippen molar-refractivity contribution in [2.45, 2.75) is 60.4 Å². The lowest BCUT2D eigenvalue weighted by Crippen LogP contribution is -2.41. The molecule has 2 aromatic rings. The van der Waals surface area contributed by atoms with Crippen molar-refractivity contribution in [3.63, 3.8) is 0 Å². The summed E-state index contributed by atoms with van der Waals surface area (Å²) in [4.78, 5) is 9.76. The van der Waals surface area contributed by atoms with Crippen LogP contribution in [0, 0.1) is 12.8 Å². The summed E-state index contributed by atoms with van der Waals surface area (Å²) in [5.74, 6) is 8.29. The standard InChI is InChI=1S/C23H38N7P.C2H6/c1-5-12-30(25)27-23(24)28(6-2)15-20-13-19-9-7-8-17(3)21(19)26-22(20)29(16-31-4)14-18-10-11-18;1-2/h7-9,13,18,31H,5-6,10-12,14-16,25H2,1-4H3,(H2,24,27);1-2H3. The molecular weight excluding hydrogens is 429 g/mol. The molecule has 0 aliphatic heterocycles. The highest BCUT2D eigenvalue weighted by Crippen LogP contribution is 2.34. The van der Waals surface area contributed by atoms with Gasteiger partial charge in [-0.3, -0.25) is 0 Å². The number of aryl methyl sites for hydroxylation is 1. The fourth-order valence-electron chi connectivity index (χ4n) is 3.83. The molecule has 4 N–H and O–H groups in total. The summed E-state index contributed by atoms with van der Waals surface area (Å²) in [6.45, 7) is 15.7. The van der Waals surface area contributed by atoms with E-state index in [9.17, 15) is 0 Å². The number of nitrogens with two attached hydrogens (primary N) is 2. The van der Waals surface area contributed by atoms with Gasteiger partial charge in [-0.05, 0) is 57.3 Å². The number of hydrogen-bond donors (Lipinski definition) is 2. The van der Waals surface area contributed by atoms with E-state index in [1.165, 1.54) is 34.5 Å². The first kappa shape index (κ1) is 27.1. The van der Waals surface area contributed by atoms with Crippen LogP contribution in [0.4, 0.5) is 5.82 Å². The number of anilines is 1. The van der Waals surface area contributed by atoms with Crippen LogP contribution in [0.5, 0.6) is 0 Å². The molecule has 0 saturated heterocycles. The smallest absolute Gasteiger partial charge is 0.215 e. The summed E-state index contributed by atoms with van der Waals surface area (Å²) in [6.07, 6.45) is 4.62. The van der Waals surface area contributed by atoms with Crippen LogP contribution >= 0.6 is 8.58 Å². The average molecular weight is 474 g/mol. The maximum absolute atomic E-state index is 6.34. The summed E-state index contributed by atoms with van der Waals surface area (Å²) in [7, 11) is 0.850. The lowest BCUT2D eigenvalue weighted by Gasteiger charge is -2.29. The van der Waals surface area contributed by atoms with E-state index in [0.29, 0.717) is 19.0 Å². The highest BCUT2D eigenvalue weighted by atomic mass is 31.1. The van der Waals surface area contributed by atoms with Crippen LogP contribution in [0.15, 0.2) is 29.4 Å². The zero-order valence-electron chi connectivity index (χ0n) is 21.4. The van der Waals surface area contributed by atoms with Gasteiger partial charge in [0.05, 0.1) is 12.1 Å². The second-order valence-corrected chi connectivity index (χ2v) is 9.45. The Bertz CT molecular complexity index is 898. The second kappa shape index (κ2) is 13.6. The molecule has 0 radical (unpaired) electrons. The van der Waals surface area contributed by atoms with Crippen molar-refractivity contribution in [2.24, 2.45) is 22.6 Å². The Kier molecular flexibility index (Phi) is 11.2. The zero-order valence-corrected chi connectivity index (χ0v) is 22.4. The first-order valence-electron chi connectivity index (χ1n) is 12.4. The van der Waals surface area contributed by atoms with E-state index >= 15 is 0 Å². The number of nitrogens with zero attached hydrogens (tertiary/aromatic N) is 5. The highest BCUT2D eigenvalue weighted by Gasteiger charge is 2.26. The van der Waals surface area contributed by atoms with Crippen molar-refractivity contribution in [2.75, 3.05) is 37.5 Å². The first-order valence-corrected chi connectivity index (χ1v) is 14.1.